The molecule has 0 atom stereocenters. The molecule has 2 nitrogen and oxygen atoms in total. The van der Waals surface area contributed by atoms with Gasteiger partial charge in [0.05, 0.1) is 0 Å². The van der Waals surface area contributed by atoms with E-state index in [-0.39, 0.29) is 20.1 Å². The van der Waals surface area contributed by atoms with Crippen molar-refractivity contribution in [2.45, 2.75) is 19.6 Å². The summed E-state index contributed by atoms with van der Waals surface area (Å²) in [5.41, 5.74) is 3.69. The maximum absolute atomic E-state index is 5.95. The number of hydrogen-bond donors (Lipinski definition) is 0. The molecule has 2 heterocycles. The molecular weight excluding hydrogens is 491 g/mol. The first-order valence-electron chi connectivity index (χ1n) is 7.82. The van der Waals surface area contributed by atoms with Crippen molar-refractivity contribution in [2.24, 2.45) is 0 Å². The van der Waals surface area contributed by atoms with Gasteiger partial charge in [-0.05, 0) is 17.8 Å². The fraction of sp³-hybridized carbons (Fsp3) is 0.150. The Morgan fingerprint density at radius 2 is 1.75 bits per heavy atom. The first kappa shape index (κ1) is 17.1. The van der Waals surface area contributed by atoms with Crippen LogP contribution in [0.5, 0.6) is 0 Å². The van der Waals surface area contributed by atoms with Crippen molar-refractivity contribution >= 4 is 35.2 Å². The van der Waals surface area contributed by atoms with E-state index in [1.54, 1.807) is 0 Å². The zero-order chi connectivity index (χ0) is 16.0. The molecule has 0 fully saturated rings. The van der Waals surface area contributed by atoms with Crippen LogP contribution in [0.15, 0.2) is 59.1 Å². The summed E-state index contributed by atoms with van der Waals surface area (Å²) < 4.78 is 5.95. The number of aromatic nitrogens is 1. The van der Waals surface area contributed by atoms with Crippen LogP contribution in [0.25, 0.3) is 33.2 Å². The second-order valence-corrected chi connectivity index (χ2v) is 12.0. The van der Waals surface area contributed by atoms with E-state index >= 15 is 0 Å². The van der Waals surface area contributed by atoms with Crippen molar-refractivity contribution in [1.29, 1.82) is 0 Å². The van der Waals surface area contributed by atoms with Crippen LogP contribution in [0, 0.1) is 6.07 Å². The molecule has 4 rings (SSSR count). The Bertz CT molecular complexity index is 1000. The Balaban J connectivity index is 0.00000169. The van der Waals surface area contributed by atoms with Crippen LogP contribution in [0.1, 0.15) is 0 Å². The van der Waals surface area contributed by atoms with Gasteiger partial charge in [0.2, 0.25) is 0 Å². The van der Waals surface area contributed by atoms with Gasteiger partial charge in [0.15, 0.2) is 0 Å². The molecule has 2 aromatic heterocycles. The molecule has 0 saturated carbocycles. The number of rotatable bonds is 2. The summed E-state index contributed by atoms with van der Waals surface area (Å²) in [4.78, 5) is 4.61. The summed E-state index contributed by atoms with van der Waals surface area (Å²) in [6, 6.07) is 19.9. The van der Waals surface area contributed by atoms with Crippen LogP contribution in [0.2, 0.25) is 19.6 Å². The summed E-state index contributed by atoms with van der Waals surface area (Å²) in [5, 5.41) is 3.58. The minimum absolute atomic E-state index is 0. The number of benzene rings is 2. The second-order valence-electron chi connectivity index (χ2n) is 6.90. The van der Waals surface area contributed by atoms with E-state index in [1.165, 1.54) is 5.19 Å². The predicted molar refractivity (Wildman–Crippen MR) is 98.8 cm³/mol. The molecule has 4 aromatic rings. The van der Waals surface area contributed by atoms with Crippen molar-refractivity contribution in [3.8, 4) is 11.3 Å². The zero-order valence-corrected chi connectivity index (χ0v) is 17.3. The Hall–Kier alpha value is -1.74. The van der Waals surface area contributed by atoms with Gasteiger partial charge in [-0.2, -0.15) is 0 Å². The minimum Gasteiger partial charge on any atom is -0.457 e. The molecule has 0 spiro atoms. The molecule has 0 N–H and O–H groups in total. The summed E-state index contributed by atoms with van der Waals surface area (Å²) >= 11 is 0. The Morgan fingerprint density at radius 3 is 2.46 bits per heavy atom. The molecule has 123 valence electrons. The summed E-state index contributed by atoms with van der Waals surface area (Å²) in [7, 11) is -1.29. The van der Waals surface area contributed by atoms with E-state index in [0.717, 1.165) is 33.2 Å². The van der Waals surface area contributed by atoms with Crippen molar-refractivity contribution < 1.29 is 24.5 Å². The molecule has 0 saturated heterocycles. The molecule has 24 heavy (non-hydrogen) atoms. The fourth-order valence-electron chi connectivity index (χ4n) is 2.82. The van der Waals surface area contributed by atoms with Crippen molar-refractivity contribution in [3.05, 3.63) is 60.8 Å². The Labute approximate surface area is 156 Å². The number of furan rings is 1. The van der Waals surface area contributed by atoms with Gasteiger partial charge in [-0.3, -0.25) is 0 Å². The normalized spacial score (nSPS) is 11.6. The smallest absolute Gasteiger partial charge is 0.135 e. The van der Waals surface area contributed by atoms with E-state index in [1.807, 2.05) is 30.5 Å². The van der Waals surface area contributed by atoms with E-state index < -0.39 is 8.07 Å². The van der Waals surface area contributed by atoms with Crippen LogP contribution in [0.4, 0.5) is 0 Å². The van der Waals surface area contributed by atoms with Crippen LogP contribution in [0.3, 0.4) is 0 Å². The Kier molecular flexibility index (Phi) is 4.47. The fourth-order valence-corrected chi connectivity index (χ4v) is 3.91. The standard InChI is InChI=1S/C20H18NOSi.Ir/c1-23(2,3)15-10-8-14(9-11-15)18-12-20-17(13-21-18)16-6-4-5-7-19(16)22-20;/h4-8,10-13H,1-3H3;/q-1;. The van der Waals surface area contributed by atoms with E-state index in [9.17, 15) is 0 Å². The first-order chi connectivity index (χ1) is 11.0. The largest absolute Gasteiger partial charge is 0.457 e. The van der Waals surface area contributed by atoms with Gasteiger partial charge >= 0.3 is 0 Å². The maximum atomic E-state index is 5.95. The molecule has 0 aliphatic carbocycles. The van der Waals surface area contributed by atoms with Crippen molar-refractivity contribution in [3.63, 3.8) is 0 Å². The average Bonchev–Trinajstić information content (AvgIpc) is 2.92. The van der Waals surface area contributed by atoms with Gasteiger partial charge in [0.25, 0.3) is 0 Å². The number of para-hydroxylation sites is 1. The van der Waals surface area contributed by atoms with E-state index in [0.29, 0.717) is 0 Å². The molecular formula is C20H18IrNOSi-. The van der Waals surface area contributed by atoms with E-state index in [2.05, 4.69) is 55.0 Å². The first-order valence-corrected chi connectivity index (χ1v) is 11.3. The minimum atomic E-state index is -1.29. The molecule has 0 aliphatic rings. The summed E-state index contributed by atoms with van der Waals surface area (Å²) in [5.74, 6) is 0. The van der Waals surface area contributed by atoms with Gasteiger partial charge in [-0.15, -0.1) is 35.0 Å². The SMILES string of the molecule is C[Si](C)(C)c1c[c-]c(-c2cc3oc4ccccc4c3cn2)cc1.[Ir]. The number of hydrogen-bond acceptors (Lipinski definition) is 2. The summed E-state index contributed by atoms with van der Waals surface area (Å²) in [6.07, 6.45) is 1.90. The number of fused-ring (bicyclic) bond motifs is 3. The quantitative estimate of drug-likeness (QED) is 0.282. The van der Waals surface area contributed by atoms with Gasteiger partial charge < -0.3 is 9.40 Å². The maximum Gasteiger partial charge on any atom is 0.135 e. The number of pyridine rings is 1. The Morgan fingerprint density at radius 1 is 0.958 bits per heavy atom. The summed E-state index contributed by atoms with van der Waals surface area (Å²) in [6.45, 7) is 7.03. The molecule has 1 radical (unpaired) electrons. The third-order valence-electron chi connectivity index (χ3n) is 4.22. The van der Waals surface area contributed by atoms with Crippen LogP contribution in [-0.4, -0.2) is 13.1 Å². The van der Waals surface area contributed by atoms with Gasteiger partial charge in [0.1, 0.15) is 11.2 Å². The molecule has 0 bridgehead atoms. The molecule has 0 unspecified atom stereocenters. The molecule has 0 amide bonds. The average molecular weight is 509 g/mol. The molecule has 2 aromatic carbocycles. The second kappa shape index (κ2) is 6.28. The topological polar surface area (TPSA) is 26.0 Å². The number of nitrogens with zero attached hydrogens (tertiary/aromatic N) is 1. The third-order valence-corrected chi connectivity index (χ3v) is 6.26. The van der Waals surface area contributed by atoms with Crippen molar-refractivity contribution in [2.75, 3.05) is 0 Å². The predicted octanol–water partition coefficient (Wildman–Crippen LogP) is 4.99. The van der Waals surface area contributed by atoms with E-state index in [4.69, 9.17) is 4.42 Å². The third kappa shape index (κ3) is 2.97. The van der Waals surface area contributed by atoms with Crippen LogP contribution in [-0.2, 0) is 20.1 Å². The van der Waals surface area contributed by atoms with Gasteiger partial charge in [-0.1, -0.05) is 37.8 Å². The van der Waals surface area contributed by atoms with Gasteiger partial charge in [-0.25, -0.2) is 0 Å². The molecule has 4 heteroatoms. The van der Waals surface area contributed by atoms with Crippen molar-refractivity contribution in [1.82, 2.24) is 4.98 Å². The van der Waals surface area contributed by atoms with Crippen LogP contribution >= 0.6 is 0 Å². The zero-order valence-electron chi connectivity index (χ0n) is 13.9. The monoisotopic (exact) mass is 509 g/mol. The molecule has 0 aliphatic heterocycles. The van der Waals surface area contributed by atoms with Gasteiger partial charge in [0, 0.05) is 45.1 Å². The van der Waals surface area contributed by atoms with Crippen LogP contribution < -0.4 is 5.19 Å².